The Morgan fingerprint density at radius 3 is 2.61 bits per heavy atom. The molecule has 0 saturated carbocycles. The molecular formula is C11H16N4O3. The number of nitrogen functional groups attached to an aromatic ring is 1. The summed E-state index contributed by atoms with van der Waals surface area (Å²) in [6, 6.07) is 1.30. The van der Waals surface area contributed by atoms with Crippen molar-refractivity contribution in [3.63, 3.8) is 0 Å². The van der Waals surface area contributed by atoms with Crippen molar-refractivity contribution >= 4 is 23.4 Å². The van der Waals surface area contributed by atoms with Crippen LogP contribution in [0.25, 0.3) is 0 Å². The van der Waals surface area contributed by atoms with E-state index in [1.807, 2.05) is 0 Å². The first-order valence-electron chi connectivity index (χ1n) is 5.26. The van der Waals surface area contributed by atoms with Crippen molar-refractivity contribution < 1.29 is 14.7 Å². The molecule has 1 rings (SSSR count). The topological polar surface area (TPSA) is 131 Å². The van der Waals surface area contributed by atoms with Crippen LogP contribution in [0.4, 0.5) is 11.5 Å². The third-order valence-electron chi connectivity index (χ3n) is 2.50. The zero-order chi connectivity index (χ0) is 13.9. The molecule has 0 saturated heterocycles. The first-order chi connectivity index (χ1) is 8.24. The maximum absolute atomic E-state index is 11.1. The summed E-state index contributed by atoms with van der Waals surface area (Å²) in [6.07, 6.45) is 1.34. The molecule has 6 N–H and O–H groups in total. The molecule has 1 aromatic heterocycles. The standard InChI is InChI=1S/C11H16N4O3/c1-11(2,10(13)18)5-15-8-7(9(16)17)3-6(12)4-14-8/h3-4H,5,12H2,1-2H3,(H2,13,18)(H,14,15)(H,16,17). The number of carbonyl (C=O) groups excluding carboxylic acids is 1. The van der Waals surface area contributed by atoms with Gasteiger partial charge in [-0.1, -0.05) is 0 Å². The number of anilines is 2. The number of carboxylic acids is 1. The lowest BCUT2D eigenvalue weighted by atomic mass is 9.93. The third kappa shape index (κ3) is 3.09. The Bertz CT molecular complexity index is 485. The van der Waals surface area contributed by atoms with E-state index >= 15 is 0 Å². The van der Waals surface area contributed by atoms with E-state index in [1.165, 1.54) is 12.3 Å². The second kappa shape index (κ2) is 4.91. The molecule has 0 aliphatic carbocycles. The van der Waals surface area contributed by atoms with Gasteiger partial charge in [-0.25, -0.2) is 9.78 Å². The molecular weight excluding hydrogens is 236 g/mol. The number of primary amides is 1. The van der Waals surface area contributed by atoms with Gasteiger partial charge in [-0.3, -0.25) is 4.79 Å². The van der Waals surface area contributed by atoms with Gasteiger partial charge in [0, 0.05) is 6.54 Å². The predicted octanol–water partition coefficient (Wildman–Crippen LogP) is 0.285. The third-order valence-corrected chi connectivity index (χ3v) is 2.50. The number of hydrogen-bond acceptors (Lipinski definition) is 5. The monoisotopic (exact) mass is 252 g/mol. The molecule has 0 bridgehead atoms. The molecule has 0 aromatic carbocycles. The van der Waals surface area contributed by atoms with Crippen LogP contribution in [-0.2, 0) is 4.79 Å². The summed E-state index contributed by atoms with van der Waals surface area (Å²) in [5, 5.41) is 11.8. The van der Waals surface area contributed by atoms with E-state index in [9.17, 15) is 9.59 Å². The van der Waals surface area contributed by atoms with Crippen LogP contribution < -0.4 is 16.8 Å². The quantitative estimate of drug-likeness (QED) is 0.595. The Kier molecular flexibility index (Phi) is 3.75. The lowest BCUT2D eigenvalue weighted by Crippen LogP contribution is -2.37. The first-order valence-corrected chi connectivity index (χ1v) is 5.26. The summed E-state index contributed by atoms with van der Waals surface area (Å²) < 4.78 is 0. The molecule has 0 spiro atoms. The zero-order valence-electron chi connectivity index (χ0n) is 10.2. The average molecular weight is 252 g/mol. The van der Waals surface area contributed by atoms with Crippen LogP contribution >= 0.6 is 0 Å². The average Bonchev–Trinajstić information content (AvgIpc) is 2.27. The van der Waals surface area contributed by atoms with Crippen LogP contribution in [0, 0.1) is 5.41 Å². The Morgan fingerprint density at radius 2 is 2.11 bits per heavy atom. The summed E-state index contributed by atoms with van der Waals surface area (Å²) >= 11 is 0. The highest BCUT2D eigenvalue weighted by Crippen LogP contribution is 2.19. The van der Waals surface area contributed by atoms with Gasteiger partial charge in [-0.05, 0) is 19.9 Å². The molecule has 18 heavy (non-hydrogen) atoms. The number of nitrogens with one attached hydrogen (secondary N) is 1. The van der Waals surface area contributed by atoms with Gasteiger partial charge in [0.2, 0.25) is 5.91 Å². The Labute approximate surface area is 104 Å². The maximum atomic E-state index is 11.1. The summed E-state index contributed by atoms with van der Waals surface area (Å²) in [5.74, 6) is -1.47. The highest BCUT2D eigenvalue weighted by atomic mass is 16.4. The number of carbonyl (C=O) groups is 2. The van der Waals surface area contributed by atoms with E-state index in [2.05, 4.69) is 10.3 Å². The van der Waals surface area contributed by atoms with Gasteiger partial charge in [0.15, 0.2) is 0 Å². The Hall–Kier alpha value is -2.31. The smallest absolute Gasteiger partial charge is 0.339 e. The highest BCUT2D eigenvalue weighted by Gasteiger charge is 2.25. The van der Waals surface area contributed by atoms with Gasteiger partial charge in [-0.2, -0.15) is 0 Å². The fourth-order valence-electron chi connectivity index (χ4n) is 1.18. The predicted molar refractivity (Wildman–Crippen MR) is 67.1 cm³/mol. The zero-order valence-corrected chi connectivity index (χ0v) is 10.2. The molecule has 7 heteroatoms. The number of aromatic carboxylic acids is 1. The summed E-state index contributed by atoms with van der Waals surface area (Å²) in [4.78, 5) is 26.0. The molecule has 0 atom stereocenters. The van der Waals surface area contributed by atoms with Gasteiger partial charge in [0.1, 0.15) is 11.4 Å². The molecule has 1 aromatic rings. The summed E-state index contributed by atoms with van der Waals surface area (Å²) in [7, 11) is 0. The van der Waals surface area contributed by atoms with Gasteiger partial charge in [-0.15, -0.1) is 0 Å². The number of nitrogens with two attached hydrogens (primary N) is 2. The van der Waals surface area contributed by atoms with Crippen LogP contribution in [0.1, 0.15) is 24.2 Å². The van der Waals surface area contributed by atoms with Crippen molar-refractivity contribution in [1.29, 1.82) is 0 Å². The second-order valence-corrected chi connectivity index (χ2v) is 4.57. The van der Waals surface area contributed by atoms with Gasteiger partial charge < -0.3 is 21.9 Å². The fourth-order valence-corrected chi connectivity index (χ4v) is 1.18. The Balaban J connectivity index is 2.92. The lowest BCUT2D eigenvalue weighted by molar-refractivity contribution is -0.125. The van der Waals surface area contributed by atoms with E-state index in [-0.39, 0.29) is 23.6 Å². The molecule has 1 heterocycles. The molecule has 0 unspecified atom stereocenters. The fraction of sp³-hybridized carbons (Fsp3) is 0.364. The normalized spacial score (nSPS) is 11.0. The first kappa shape index (κ1) is 13.8. The summed E-state index contributed by atoms with van der Waals surface area (Å²) in [5.41, 5.74) is 10.1. The minimum Gasteiger partial charge on any atom is -0.478 e. The molecule has 0 aliphatic rings. The SMILES string of the molecule is CC(C)(CNc1ncc(N)cc1C(=O)O)C(N)=O. The number of nitrogens with zero attached hydrogens (tertiary/aromatic N) is 1. The van der Waals surface area contributed by atoms with Crippen molar-refractivity contribution in [2.24, 2.45) is 11.1 Å². The van der Waals surface area contributed by atoms with Crippen LogP contribution in [-0.4, -0.2) is 28.5 Å². The molecule has 7 nitrogen and oxygen atoms in total. The second-order valence-electron chi connectivity index (χ2n) is 4.57. The number of rotatable bonds is 5. The highest BCUT2D eigenvalue weighted by molar-refractivity contribution is 5.94. The van der Waals surface area contributed by atoms with E-state index in [0.717, 1.165) is 0 Å². The van der Waals surface area contributed by atoms with Crippen molar-refractivity contribution in [1.82, 2.24) is 4.98 Å². The largest absolute Gasteiger partial charge is 0.478 e. The number of aromatic nitrogens is 1. The van der Waals surface area contributed by atoms with E-state index in [0.29, 0.717) is 0 Å². The van der Waals surface area contributed by atoms with Crippen molar-refractivity contribution in [3.8, 4) is 0 Å². The van der Waals surface area contributed by atoms with Crippen molar-refractivity contribution in [2.45, 2.75) is 13.8 Å². The molecule has 1 amide bonds. The number of carboxylic acid groups (broad SMARTS) is 1. The lowest BCUT2D eigenvalue weighted by Gasteiger charge is -2.21. The van der Waals surface area contributed by atoms with Crippen molar-refractivity contribution in [2.75, 3.05) is 17.6 Å². The minimum atomic E-state index is -1.14. The molecule has 0 fully saturated rings. The van der Waals surface area contributed by atoms with E-state index in [1.54, 1.807) is 13.8 Å². The maximum Gasteiger partial charge on any atom is 0.339 e. The van der Waals surface area contributed by atoms with Crippen LogP contribution in [0.2, 0.25) is 0 Å². The Morgan fingerprint density at radius 1 is 1.50 bits per heavy atom. The summed E-state index contributed by atoms with van der Waals surface area (Å²) in [6.45, 7) is 3.49. The van der Waals surface area contributed by atoms with Gasteiger partial charge in [0.25, 0.3) is 0 Å². The van der Waals surface area contributed by atoms with Crippen LogP contribution in [0.15, 0.2) is 12.3 Å². The number of amides is 1. The van der Waals surface area contributed by atoms with Crippen LogP contribution in [0.3, 0.4) is 0 Å². The van der Waals surface area contributed by atoms with E-state index in [4.69, 9.17) is 16.6 Å². The van der Waals surface area contributed by atoms with Gasteiger partial charge >= 0.3 is 5.97 Å². The number of hydrogen-bond donors (Lipinski definition) is 4. The van der Waals surface area contributed by atoms with E-state index < -0.39 is 17.3 Å². The molecule has 0 radical (unpaired) electrons. The minimum absolute atomic E-state index is 0.0460. The number of pyridine rings is 1. The van der Waals surface area contributed by atoms with Gasteiger partial charge in [0.05, 0.1) is 17.3 Å². The van der Waals surface area contributed by atoms with Crippen molar-refractivity contribution in [3.05, 3.63) is 17.8 Å². The van der Waals surface area contributed by atoms with Crippen LogP contribution in [0.5, 0.6) is 0 Å². The molecule has 98 valence electrons. The molecule has 0 aliphatic heterocycles.